The van der Waals surface area contributed by atoms with Crippen LogP contribution in [0.4, 0.5) is 10.6 Å². The molecule has 1 atom stereocenters. The summed E-state index contributed by atoms with van der Waals surface area (Å²) in [7, 11) is 3.80. The summed E-state index contributed by atoms with van der Waals surface area (Å²) < 4.78 is 13.0. The van der Waals surface area contributed by atoms with E-state index in [9.17, 15) is 4.79 Å². The highest BCUT2D eigenvalue weighted by atomic mass is 16.5. The number of hydrogen-bond acceptors (Lipinski definition) is 5. The van der Waals surface area contributed by atoms with E-state index < -0.39 is 0 Å². The van der Waals surface area contributed by atoms with Gasteiger partial charge in [-0.05, 0) is 50.2 Å². The molecule has 3 aromatic rings. The summed E-state index contributed by atoms with van der Waals surface area (Å²) in [6.45, 7) is 5.59. The first-order valence-corrected chi connectivity index (χ1v) is 11.6. The molecule has 1 unspecified atom stereocenters. The number of anilines is 1. The molecule has 34 heavy (non-hydrogen) atoms. The number of methoxy groups -OCH3 is 1. The molecule has 2 N–H and O–H groups in total. The number of nitrogens with zero attached hydrogens (tertiary/aromatic N) is 3. The van der Waals surface area contributed by atoms with Gasteiger partial charge in [0.15, 0.2) is 0 Å². The number of carbonyl (C=O) groups is 1. The van der Waals surface area contributed by atoms with Gasteiger partial charge >= 0.3 is 6.03 Å². The maximum atomic E-state index is 12.8. The molecule has 1 aromatic heterocycles. The van der Waals surface area contributed by atoms with Gasteiger partial charge in [0.2, 0.25) is 5.88 Å². The zero-order chi connectivity index (χ0) is 23.9. The van der Waals surface area contributed by atoms with Crippen molar-refractivity contribution in [2.45, 2.75) is 26.5 Å². The molecule has 1 aliphatic heterocycles. The number of urea groups is 1. The first-order chi connectivity index (χ1) is 16.5. The van der Waals surface area contributed by atoms with Gasteiger partial charge in [0.25, 0.3) is 0 Å². The van der Waals surface area contributed by atoms with Gasteiger partial charge in [0, 0.05) is 26.1 Å². The minimum absolute atomic E-state index is 0.304. The van der Waals surface area contributed by atoms with Gasteiger partial charge in [0.1, 0.15) is 5.82 Å². The van der Waals surface area contributed by atoms with Crippen LogP contribution in [-0.2, 0) is 17.9 Å². The molecule has 2 heterocycles. The molecule has 8 heteroatoms. The smallest absolute Gasteiger partial charge is 0.320 e. The molecular formula is C26H33N5O3. The average molecular weight is 464 g/mol. The molecule has 0 bridgehead atoms. The first kappa shape index (κ1) is 23.8. The van der Waals surface area contributed by atoms with Crippen LogP contribution in [0, 0.1) is 12.8 Å². The standard InChI is InChI=1S/C26H33N5O3/c1-19-24(28-26(32)27-15-20-8-7-9-21(14-20)17-33-3)31(23-10-5-4-6-11-23)29-25(19)34-18-22-12-13-30(2)16-22/h4-11,14,22H,12-13,15-18H2,1-3H3,(H2,27,28,32). The Labute approximate surface area is 200 Å². The number of rotatable bonds is 9. The van der Waals surface area contributed by atoms with E-state index in [1.165, 1.54) is 0 Å². The lowest BCUT2D eigenvalue weighted by Crippen LogP contribution is -2.29. The number of carbonyl (C=O) groups excluding carboxylic acids is 1. The molecule has 1 saturated heterocycles. The van der Waals surface area contributed by atoms with Crippen molar-refractivity contribution < 1.29 is 14.3 Å². The zero-order valence-corrected chi connectivity index (χ0v) is 20.1. The minimum atomic E-state index is -0.304. The van der Waals surface area contributed by atoms with Crippen molar-refractivity contribution in [1.82, 2.24) is 20.0 Å². The molecule has 0 saturated carbocycles. The molecule has 2 aromatic carbocycles. The normalized spacial score (nSPS) is 15.9. The largest absolute Gasteiger partial charge is 0.476 e. The SMILES string of the molecule is COCc1cccc(CNC(=O)Nc2c(C)c(OCC3CCN(C)C3)nn2-c2ccccc2)c1. The van der Waals surface area contributed by atoms with Crippen molar-refractivity contribution in [3.63, 3.8) is 0 Å². The van der Waals surface area contributed by atoms with E-state index in [0.29, 0.717) is 37.4 Å². The maximum absolute atomic E-state index is 12.8. The zero-order valence-electron chi connectivity index (χ0n) is 20.1. The highest BCUT2D eigenvalue weighted by Crippen LogP contribution is 2.29. The number of para-hydroxylation sites is 1. The Morgan fingerprint density at radius 2 is 1.94 bits per heavy atom. The second kappa shape index (κ2) is 11.2. The molecule has 0 spiro atoms. The Morgan fingerprint density at radius 1 is 1.15 bits per heavy atom. The van der Waals surface area contributed by atoms with Crippen LogP contribution < -0.4 is 15.4 Å². The molecule has 180 valence electrons. The summed E-state index contributed by atoms with van der Waals surface area (Å²) in [6.07, 6.45) is 1.12. The quantitative estimate of drug-likeness (QED) is 0.502. The van der Waals surface area contributed by atoms with Gasteiger partial charge in [0.05, 0.1) is 24.5 Å². The number of ether oxygens (including phenoxy) is 2. The van der Waals surface area contributed by atoms with Crippen LogP contribution in [-0.4, -0.2) is 54.6 Å². The number of hydrogen-bond donors (Lipinski definition) is 2. The summed E-state index contributed by atoms with van der Waals surface area (Å²) in [5, 5.41) is 10.6. The van der Waals surface area contributed by atoms with Gasteiger partial charge < -0.3 is 19.7 Å². The Hall–Kier alpha value is -3.36. The second-order valence-corrected chi connectivity index (χ2v) is 8.81. The van der Waals surface area contributed by atoms with Crippen molar-refractivity contribution in [2.24, 2.45) is 5.92 Å². The first-order valence-electron chi connectivity index (χ1n) is 11.6. The van der Waals surface area contributed by atoms with Gasteiger partial charge in [-0.2, -0.15) is 0 Å². The van der Waals surface area contributed by atoms with Crippen molar-refractivity contribution in [3.8, 4) is 11.6 Å². The lowest BCUT2D eigenvalue weighted by Gasteiger charge is -2.12. The molecule has 4 rings (SSSR count). The Morgan fingerprint density at radius 3 is 2.68 bits per heavy atom. The highest BCUT2D eigenvalue weighted by molar-refractivity contribution is 5.89. The van der Waals surface area contributed by atoms with E-state index in [4.69, 9.17) is 9.47 Å². The summed E-state index contributed by atoms with van der Waals surface area (Å²) in [6, 6.07) is 17.4. The summed E-state index contributed by atoms with van der Waals surface area (Å²) in [4.78, 5) is 15.1. The Kier molecular flexibility index (Phi) is 7.82. The van der Waals surface area contributed by atoms with Crippen molar-refractivity contribution in [1.29, 1.82) is 0 Å². The highest BCUT2D eigenvalue weighted by Gasteiger charge is 2.23. The average Bonchev–Trinajstić information content (AvgIpc) is 3.40. The summed E-state index contributed by atoms with van der Waals surface area (Å²) in [5.41, 5.74) is 3.72. The van der Waals surface area contributed by atoms with Crippen LogP contribution in [0.3, 0.4) is 0 Å². The van der Waals surface area contributed by atoms with E-state index in [1.54, 1.807) is 11.8 Å². The van der Waals surface area contributed by atoms with E-state index in [-0.39, 0.29) is 6.03 Å². The molecule has 0 radical (unpaired) electrons. The Bertz CT molecular complexity index is 1100. The molecule has 1 fully saturated rings. The molecule has 1 aliphatic rings. The fourth-order valence-electron chi connectivity index (χ4n) is 4.21. The molecular weight excluding hydrogens is 430 g/mol. The fraction of sp³-hybridized carbons (Fsp3) is 0.385. The number of aromatic nitrogens is 2. The monoisotopic (exact) mass is 463 g/mol. The fourth-order valence-corrected chi connectivity index (χ4v) is 4.21. The van der Waals surface area contributed by atoms with Crippen LogP contribution in [0.15, 0.2) is 54.6 Å². The summed E-state index contributed by atoms with van der Waals surface area (Å²) in [5.74, 6) is 1.62. The van der Waals surface area contributed by atoms with Gasteiger partial charge in [-0.1, -0.05) is 42.5 Å². The van der Waals surface area contributed by atoms with Gasteiger partial charge in [-0.15, -0.1) is 5.10 Å². The van der Waals surface area contributed by atoms with E-state index in [0.717, 1.165) is 41.9 Å². The lowest BCUT2D eigenvalue weighted by atomic mass is 10.1. The third kappa shape index (κ3) is 5.95. The predicted molar refractivity (Wildman–Crippen MR) is 132 cm³/mol. The van der Waals surface area contributed by atoms with Crippen LogP contribution in [0.1, 0.15) is 23.1 Å². The number of benzene rings is 2. The Balaban J connectivity index is 1.47. The number of amides is 2. The summed E-state index contributed by atoms with van der Waals surface area (Å²) >= 11 is 0. The van der Waals surface area contributed by atoms with E-state index in [1.807, 2.05) is 61.5 Å². The molecule has 8 nitrogen and oxygen atoms in total. The minimum Gasteiger partial charge on any atom is -0.476 e. The lowest BCUT2D eigenvalue weighted by molar-refractivity contribution is 0.185. The number of likely N-dealkylation sites (tertiary alicyclic amines) is 1. The van der Waals surface area contributed by atoms with Crippen molar-refractivity contribution in [3.05, 3.63) is 71.3 Å². The molecule has 2 amide bonds. The van der Waals surface area contributed by atoms with Gasteiger partial charge in [-0.25, -0.2) is 9.48 Å². The van der Waals surface area contributed by atoms with E-state index >= 15 is 0 Å². The topological polar surface area (TPSA) is 80.7 Å². The van der Waals surface area contributed by atoms with Crippen molar-refractivity contribution >= 4 is 11.8 Å². The number of nitrogens with one attached hydrogen (secondary N) is 2. The van der Waals surface area contributed by atoms with Crippen molar-refractivity contribution in [2.75, 3.05) is 39.2 Å². The van der Waals surface area contributed by atoms with Crippen LogP contribution in [0.2, 0.25) is 0 Å². The van der Waals surface area contributed by atoms with E-state index in [2.05, 4.69) is 27.7 Å². The van der Waals surface area contributed by atoms with Crippen LogP contribution in [0.5, 0.6) is 5.88 Å². The predicted octanol–water partition coefficient (Wildman–Crippen LogP) is 3.98. The second-order valence-electron chi connectivity index (χ2n) is 8.81. The van der Waals surface area contributed by atoms with Gasteiger partial charge in [-0.3, -0.25) is 5.32 Å². The maximum Gasteiger partial charge on any atom is 0.320 e. The third-order valence-corrected chi connectivity index (χ3v) is 6.01. The molecule has 0 aliphatic carbocycles. The third-order valence-electron chi connectivity index (χ3n) is 6.01. The van der Waals surface area contributed by atoms with Crippen LogP contribution >= 0.6 is 0 Å². The van der Waals surface area contributed by atoms with Crippen LogP contribution in [0.25, 0.3) is 5.69 Å².